The maximum absolute atomic E-state index is 12.2. The zero-order chi connectivity index (χ0) is 14.0. The van der Waals surface area contributed by atoms with Gasteiger partial charge in [0.2, 0.25) is 5.91 Å². The number of nitrogens with zero attached hydrogens (tertiary/aromatic N) is 1. The summed E-state index contributed by atoms with van der Waals surface area (Å²) < 4.78 is 0. The predicted molar refractivity (Wildman–Crippen MR) is 72.0 cm³/mol. The molecule has 1 aromatic rings. The van der Waals surface area contributed by atoms with Crippen LogP contribution in [0.4, 0.5) is 0 Å². The molecule has 2 rings (SSSR count). The summed E-state index contributed by atoms with van der Waals surface area (Å²) in [6.45, 7) is 3.86. The Morgan fingerprint density at radius 3 is 2.47 bits per heavy atom. The first-order valence-electron chi connectivity index (χ1n) is 6.55. The standard InChI is InChI=1S/C15H19NO3/c1-10-3-4-12(7-11(10)2)8-14(17)16(9-15(18)19)13-5-6-13/h3-4,7,13H,5-6,8-9H2,1-2H3,(H,18,19). The van der Waals surface area contributed by atoms with Crippen molar-refractivity contribution in [1.82, 2.24) is 4.90 Å². The first-order chi connectivity index (χ1) is 8.97. The van der Waals surface area contributed by atoms with Crippen LogP contribution < -0.4 is 0 Å². The van der Waals surface area contributed by atoms with E-state index in [0.717, 1.165) is 24.0 Å². The van der Waals surface area contributed by atoms with Crippen molar-refractivity contribution in [2.45, 2.75) is 39.2 Å². The van der Waals surface area contributed by atoms with Gasteiger partial charge in [0, 0.05) is 6.04 Å². The van der Waals surface area contributed by atoms with Gasteiger partial charge >= 0.3 is 5.97 Å². The van der Waals surface area contributed by atoms with Crippen LogP contribution in [-0.4, -0.2) is 34.5 Å². The van der Waals surface area contributed by atoms with Crippen molar-refractivity contribution in [3.05, 3.63) is 34.9 Å². The number of carbonyl (C=O) groups excluding carboxylic acids is 1. The lowest BCUT2D eigenvalue weighted by molar-refractivity contribution is -0.144. The molecule has 1 aliphatic rings. The molecule has 0 radical (unpaired) electrons. The molecular formula is C15H19NO3. The first kappa shape index (κ1) is 13.6. The fourth-order valence-electron chi connectivity index (χ4n) is 2.14. The Balaban J connectivity index is 2.05. The number of carboxylic acids is 1. The Morgan fingerprint density at radius 1 is 1.26 bits per heavy atom. The largest absolute Gasteiger partial charge is 0.480 e. The molecule has 1 N–H and O–H groups in total. The number of carboxylic acid groups (broad SMARTS) is 1. The third-order valence-corrected chi connectivity index (χ3v) is 3.54. The number of carbonyl (C=O) groups is 2. The lowest BCUT2D eigenvalue weighted by Crippen LogP contribution is -2.38. The minimum absolute atomic E-state index is 0.0897. The van der Waals surface area contributed by atoms with Crippen LogP contribution in [0.2, 0.25) is 0 Å². The van der Waals surface area contributed by atoms with Gasteiger partial charge in [-0.1, -0.05) is 18.2 Å². The Labute approximate surface area is 113 Å². The van der Waals surface area contributed by atoms with Gasteiger partial charge in [0.1, 0.15) is 6.54 Å². The smallest absolute Gasteiger partial charge is 0.323 e. The van der Waals surface area contributed by atoms with Crippen molar-refractivity contribution in [1.29, 1.82) is 0 Å². The molecule has 1 amide bonds. The Bertz CT molecular complexity index is 506. The van der Waals surface area contributed by atoms with E-state index in [2.05, 4.69) is 0 Å². The van der Waals surface area contributed by atoms with E-state index in [1.807, 2.05) is 32.0 Å². The van der Waals surface area contributed by atoms with Crippen LogP contribution in [0.1, 0.15) is 29.5 Å². The van der Waals surface area contributed by atoms with Crippen LogP contribution in [0.3, 0.4) is 0 Å². The van der Waals surface area contributed by atoms with Gasteiger partial charge in [-0.25, -0.2) is 0 Å². The third-order valence-electron chi connectivity index (χ3n) is 3.54. The fourth-order valence-corrected chi connectivity index (χ4v) is 2.14. The number of aryl methyl sites for hydroxylation is 2. The van der Waals surface area contributed by atoms with Crippen molar-refractivity contribution in [3.8, 4) is 0 Å². The van der Waals surface area contributed by atoms with Gasteiger partial charge in [-0.2, -0.15) is 0 Å². The summed E-state index contributed by atoms with van der Waals surface area (Å²) in [4.78, 5) is 24.5. The topological polar surface area (TPSA) is 57.6 Å². The monoisotopic (exact) mass is 261 g/mol. The summed E-state index contributed by atoms with van der Waals surface area (Å²) in [5.41, 5.74) is 3.30. The van der Waals surface area contributed by atoms with E-state index < -0.39 is 5.97 Å². The van der Waals surface area contributed by atoms with Gasteiger partial charge in [0.05, 0.1) is 6.42 Å². The van der Waals surface area contributed by atoms with Crippen LogP contribution in [0, 0.1) is 13.8 Å². The molecule has 1 fully saturated rings. The highest BCUT2D eigenvalue weighted by molar-refractivity contribution is 5.83. The maximum Gasteiger partial charge on any atom is 0.323 e. The Morgan fingerprint density at radius 2 is 1.95 bits per heavy atom. The molecule has 1 saturated carbocycles. The molecule has 1 aromatic carbocycles. The summed E-state index contributed by atoms with van der Waals surface area (Å²) in [6, 6.07) is 6.07. The lowest BCUT2D eigenvalue weighted by atomic mass is 10.0. The Hall–Kier alpha value is -1.84. The Kier molecular flexibility index (Phi) is 3.88. The van der Waals surface area contributed by atoms with E-state index in [1.54, 1.807) is 0 Å². The SMILES string of the molecule is Cc1ccc(CC(=O)N(CC(=O)O)C2CC2)cc1C. The van der Waals surface area contributed by atoms with E-state index in [9.17, 15) is 9.59 Å². The zero-order valence-corrected chi connectivity index (χ0v) is 11.3. The van der Waals surface area contributed by atoms with Gasteiger partial charge in [0.25, 0.3) is 0 Å². The highest BCUT2D eigenvalue weighted by atomic mass is 16.4. The van der Waals surface area contributed by atoms with Crippen LogP contribution in [0.5, 0.6) is 0 Å². The highest BCUT2D eigenvalue weighted by Crippen LogP contribution is 2.27. The fraction of sp³-hybridized carbons (Fsp3) is 0.467. The summed E-state index contributed by atoms with van der Waals surface area (Å²) in [5.74, 6) is -1.03. The van der Waals surface area contributed by atoms with E-state index in [4.69, 9.17) is 5.11 Å². The molecule has 0 atom stereocenters. The molecule has 0 unspecified atom stereocenters. The van der Waals surface area contributed by atoms with E-state index >= 15 is 0 Å². The van der Waals surface area contributed by atoms with E-state index in [1.165, 1.54) is 10.5 Å². The zero-order valence-electron chi connectivity index (χ0n) is 11.3. The third kappa shape index (κ3) is 3.56. The number of benzene rings is 1. The summed E-state index contributed by atoms with van der Waals surface area (Å²) in [6.07, 6.45) is 2.13. The molecule has 102 valence electrons. The van der Waals surface area contributed by atoms with Crippen LogP contribution >= 0.6 is 0 Å². The number of hydrogen-bond acceptors (Lipinski definition) is 2. The summed E-state index contributed by atoms with van der Waals surface area (Å²) in [5, 5.41) is 8.86. The number of aliphatic carboxylic acids is 1. The molecule has 0 bridgehead atoms. The van der Waals surface area contributed by atoms with Gasteiger partial charge in [-0.05, 0) is 43.4 Å². The molecule has 0 spiro atoms. The van der Waals surface area contributed by atoms with Crippen LogP contribution in [0.15, 0.2) is 18.2 Å². The summed E-state index contributed by atoms with van der Waals surface area (Å²) >= 11 is 0. The summed E-state index contributed by atoms with van der Waals surface area (Å²) in [7, 11) is 0. The molecule has 0 heterocycles. The average Bonchev–Trinajstić information content (AvgIpc) is 3.14. The van der Waals surface area contributed by atoms with Crippen LogP contribution in [-0.2, 0) is 16.0 Å². The molecule has 4 heteroatoms. The maximum atomic E-state index is 12.2. The van der Waals surface area contributed by atoms with Crippen molar-refractivity contribution < 1.29 is 14.7 Å². The molecular weight excluding hydrogens is 242 g/mol. The van der Waals surface area contributed by atoms with Gasteiger partial charge in [-0.3, -0.25) is 9.59 Å². The minimum atomic E-state index is -0.944. The molecule has 4 nitrogen and oxygen atoms in total. The average molecular weight is 261 g/mol. The highest BCUT2D eigenvalue weighted by Gasteiger charge is 2.33. The number of rotatable bonds is 5. The first-order valence-corrected chi connectivity index (χ1v) is 6.55. The van der Waals surface area contributed by atoms with Gasteiger partial charge in [0.15, 0.2) is 0 Å². The van der Waals surface area contributed by atoms with Gasteiger partial charge in [-0.15, -0.1) is 0 Å². The second-order valence-corrected chi connectivity index (χ2v) is 5.24. The lowest BCUT2D eigenvalue weighted by Gasteiger charge is -2.20. The van der Waals surface area contributed by atoms with E-state index in [0.29, 0.717) is 0 Å². The number of amides is 1. The van der Waals surface area contributed by atoms with Crippen molar-refractivity contribution in [3.63, 3.8) is 0 Å². The van der Waals surface area contributed by atoms with E-state index in [-0.39, 0.29) is 24.9 Å². The molecule has 19 heavy (non-hydrogen) atoms. The normalized spacial score (nSPS) is 14.2. The molecule has 0 saturated heterocycles. The van der Waals surface area contributed by atoms with Gasteiger partial charge < -0.3 is 10.0 Å². The second kappa shape index (κ2) is 5.43. The van der Waals surface area contributed by atoms with Crippen LogP contribution in [0.25, 0.3) is 0 Å². The molecule has 0 aliphatic heterocycles. The second-order valence-electron chi connectivity index (χ2n) is 5.24. The van der Waals surface area contributed by atoms with Crippen molar-refractivity contribution in [2.75, 3.05) is 6.54 Å². The predicted octanol–water partition coefficient (Wildman–Crippen LogP) is 1.92. The number of hydrogen-bond donors (Lipinski definition) is 1. The van der Waals surface area contributed by atoms with Crippen molar-refractivity contribution >= 4 is 11.9 Å². The molecule has 0 aromatic heterocycles. The molecule has 1 aliphatic carbocycles. The minimum Gasteiger partial charge on any atom is -0.480 e. The van der Waals surface area contributed by atoms with Crippen molar-refractivity contribution in [2.24, 2.45) is 0 Å². The quantitative estimate of drug-likeness (QED) is 0.881.